The van der Waals surface area contributed by atoms with Gasteiger partial charge in [-0.05, 0) is 54.7 Å². The lowest BCUT2D eigenvalue weighted by molar-refractivity contribution is 0.420. The van der Waals surface area contributed by atoms with Crippen molar-refractivity contribution >= 4 is 17.3 Å². The lowest BCUT2D eigenvalue weighted by Crippen LogP contribution is -2.08. The zero-order chi connectivity index (χ0) is 10.4. The Balaban J connectivity index is 1.90. The number of hydrogen-bond acceptors (Lipinski definition) is 1. The lowest BCUT2D eigenvalue weighted by atomic mass is 9.83. The Labute approximate surface area is 95.6 Å². The molecule has 2 saturated carbocycles. The van der Waals surface area contributed by atoms with Gasteiger partial charge in [-0.1, -0.05) is 24.1 Å². The summed E-state index contributed by atoms with van der Waals surface area (Å²) in [5.74, 6) is 2.65. The summed E-state index contributed by atoms with van der Waals surface area (Å²) < 4.78 is 0. The minimum absolute atomic E-state index is 0.698. The zero-order valence-corrected chi connectivity index (χ0v) is 9.50. The topological polar surface area (TPSA) is 26.0 Å². The van der Waals surface area contributed by atoms with Crippen LogP contribution in [0.1, 0.15) is 37.2 Å². The van der Waals surface area contributed by atoms with E-state index in [9.17, 15) is 0 Å². The Morgan fingerprint density at radius 2 is 2.07 bits per heavy atom. The second kappa shape index (κ2) is 3.41. The van der Waals surface area contributed by atoms with Gasteiger partial charge in [0.15, 0.2) is 0 Å². The first kappa shape index (κ1) is 9.53. The van der Waals surface area contributed by atoms with Gasteiger partial charge >= 0.3 is 0 Å². The van der Waals surface area contributed by atoms with Gasteiger partial charge in [0.25, 0.3) is 0 Å². The molecule has 0 aromatic heterocycles. The van der Waals surface area contributed by atoms with Crippen LogP contribution in [0, 0.1) is 11.8 Å². The van der Waals surface area contributed by atoms with Gasteiger partial charge in [-0.25, -0.2) is 0 Å². The van der Waals surface area contributed by atoms with Crippen molar-refractivity contribution in [2.75, 3.05) is 5.73 Å². The second-order valence-corrected chi connectivity index (χ2v) is 5.47. The minimum atomic E-state index is 0.698. The van der Waals surface area contributed by atoms with E-state index >= 15 is 0 Å². The summed E-state index contributed by atoms with van der Waals surface area (Å²) in [6, 6.07) is 6.18. The molecular formula is C13H16ClN. The van der Waals surface area contributed by atoms with Crippen molar-refractivity contribution in [3.8, 4) is 0 Å². The first-order valence-electron chi connectivity index (χ1n) is 5.79. The van der Waals surface area contributed by atoms with Crippen LogP contribution in [0.2, 0.25) is 5.02 Å². The molecule has 0 aliphatic heterocycles. The molecule has 80 valence electrons. The third kappa shape index (κ3) is 1.53. The molecule has 0 radical (unpaired) electrons. The van der Waals surface area contributed by atoms with Crippen LogP contribution in [0.4, 0.5) is 5.69 Å². The standard InChI is InChI=1S/C13H16ClN/c14-12-7-10(3-4-13(12)15)11-6-8-1-2-9(11)5-8/h3-4,7-9,11H,1-2,5-6,15H2/t8-,9+,11?/m1/s1. The molecule has 2 aliphatic carbocycles. The maximum absolute atomic E-state index is 6.07. The molecule has 3 atom stereocenters. The van der Waals surface area contributed by atoms with Crippen LogP contribution in [0.5, 0.6) is 0 Å². The van der Waals surface area contributed by atoms with E-state index < -0.39 is 0 Å². The monoisotopic (exact) mass is 221 g/mol. The molecule has 1 unspecified atom stereocenters. The number of nitrogens with two attached hydrogens (primary N) is 1. The Kier molecular flexibility index (Phi) is 2.17. The van der Waals surface area contributed by atoms with Crippen LogP contribution in [-0.4, -0.2) is 0 Å². The maximum Gasteiger partial charge on any atom is 0.0638 e. The van der Waals surface area contributed by atoms with E-state index in [1.807, 2.05) is 6.07 Å². The number of hydrogen-bond donors (Lipinski definition) is 1. The summed E-state index contributed by atoms with van der Waals surface area (Å²) in [5.41, 5.74) is 7.83. The van der Waals surface area contributed by atoms with E-state index in [0.717, 1.165) is 22.8 Å². The van der Waals surface area contributed by atoms with Crippen molar-refractivity contribution in [3.05, 3.63) is 28.8 Å². The van der Waals surface area contributed by atoms with Gasteiger partial charge in [-0.2, -0.15) is 0 Å². The third-order valence-corrected chi connectivity index (χ3v) is 4.52. The average molecular weight is 222 g/mol. The van der Waals surface area contributed by atoms with Gasteiger partial charge < -0.3 is 5.73 Å². The Bertz CT molecular complexity index is 388. The van der Waals surface area contributed by atoms with Gasteiger partial charge in [0.05, 0.1) is 10.7 Å². The summed E-state index contributed by atoms with van der Waals surface area (Å²) in [4.78, 5) is 0. The molecule has 1 aromatic rings. The highest BCUT2D eigenvalue weighted by Gasteiger charge is 2.40. The maximum atomic E-state index is 6.07. The van der Waals surface area contributed by atoms with Crippen molar-refractivity contribution < 1.29 is 0 Å². The number of halogens is 1. The van der Waals surface area contributed by atoms with Gasteiger partial charge in [0.1, 0.15) is 0 Å². The number of nitrogen functional groups attached to an aromatic ring is 1. The summed E-state index contributed by atoms with van der Waals surface area (Å²) in [7, 11) is 0. The summed E-state index contributed by atoms with van der Waals surface area (Å²) in [6.07, 6.45) is 5.67. The predicted octanol–water partition coefficient (Wildman–Crippen LogP) is 3.83. The first-order valence-corrected chi connectivity index (χ1v) is 6.17. The van der Waals surface area contributed by atoms with E-state index in [1.165, 1.54) is 31.2 Å². The average Bonchev–Trinajstić information content (AvgIpc) is 2.83. The number of anilines is 1. The molecular weight excluding hydrogens is 206 g/mol. The number of benzene rings is 1. The highest BCUT2D eigenvalue weighted by atomic mass is 35.5. The molecule has 0 amide bonds. The van der Waals surface area contributed by atoms with E-state index in [4.69, 9.17) is 17.3 Å². The van der Waals surface area contributed by atoms with Crippen LogP contribution < -0.4 is 5.73 Å². The smallest absolute Gasteiger partial charge is 0.0638 e. The lowest BCUT2D eigenvalue weighted by Gasteiger charge is -2.22. The summed E-state index contributed by atoms with van der Waals surface area (Å²) in [5, 5.41) is 0.718. The molecule has 3 rings (SSSR count). The largest absolute Gasteiger partial charge is 0.398 e. The van der Waals surface area contributed by atoms with Crippen molar-refractivity contribution in [3.63, 3.8) is 0 Å². The molecule has 0 spiro atoms. The highest BCUT2D eigenvalue weighted by molar-refractivity contribution is 6.33. The molecule has 0 heterocycles. The Morgan fingerprint density at radius 3 is 2.67 bits per heavy atom. The van der Waals surface area contributed by atoms with Gasteiger partial charge in [0, 0.05) is 0 Å². The molecule has 2 bridgehead atoms. The summed E-state index contributed by atoms with van der Waals surface area (Å²) >= 11 is 6.07. The van der Waals surface area contributed by atoms with Crippen LogP contribution in [-0.2, 0) is 0 Å². The minimum Gasteiger partial charge on any atom is -0.398 e. The second-order valence-electron chi connectivity index (χ2n) is 5.06. The molecule has 2 aliphatic rings. The Hall–Kier alpha value is -0.690. The van der Waals surface area contributed by atoms with Gasteiger partial charge in [-0.3, -0.25) is 0 Å². The highest BCUT2D eigenvalue weighted by Crippen LogP contribution is 2.53. The molecule has 2 N–H and O–H groups in total. The third-order valence-electron chi connectivity index (χ3n) is 4.19. The van der Waals surface area contributed by atoms with Crippen LogP contribution in [0.15, 0.2) is 18.2 Å². The van der Waals surface area contributed by atoms with Crippen molar-refractivity contribution in [2.24, 2.45) is 11.8 Å². The van der Waals surface area contributed by atoms with Gasteiger partial charge in [0.2, 0.25) is 0 Å². The number of fused-ring (bicyclic) bond motifs is 2. The van der Waals surface area contributed by atoms with Crippen LogP contribution in [0.25, 0.3) is 0 Å². The fraction of sp³-hybridized carbons (Fsp3) is 0.538. The molecule has 1 nitrogen and oxygen atoms in total. The van der Waals surface area contributed by atoms with Crippen molar-refractivity contribution in [1.82, 2.24) is 0 Å². The van der Waals surface area contributed by atoms with Gasteiger partial charge in [-0.15, -0.1) is 0 Å². The predicted molar refractivity (Wildman–Crippen MR) is 64.1 cm³/mol. The molecule has 1 aromatic carbocycles. The molecule has 2 heteroatoms. The van der Waals surface area contributed by atoms with Crippen LogP contribution in [0.3, 0.4) is 0 Å². The number of rotatable bonds is 1. The van der Waals surface area contributed by atoms with Crippen molar-refractivity contribution in [1.29, 1.82) is 0 Å². The van der Waals surface area contributed by atoms with E-state index in [-0.39, 0.29) is 0 Å². The quantitative estimate of drug-likeness (QED) is 0.717. The summed E-state index contributed by atoms with van der Waals surface area (Å²) in [6.45, 7) is 0. The zero-order valence-electron chi connectivity index (χ0n) is 8.75. The van der Waals surface area contributed by atoms with E-state index in [2.05, 4.69) is 12.1 Å². The van der Waals surface area contributed by atoms with Crippen LogP contribution >= 0.6 is 11.6 Å². The molecule has 0 saturated heterocycles. The SMILES string of the molecule is Nc1ccc(C2C[C@@H]3CC[C@H]2C3)cc1Cl. The first-order chi connectivity index (χ1) is 7.24. The molecule has 15 heavy (non-hydrogen) atoms. The fourth-order valence-electron chi connectivity index (χ4n) is 3.43. The fourth-order valence-corrected chi connectivity index (χ4v) is 3.62. The normalized spacial score (nSPS) is 33.5. The van der Waals surface area contributed by atoms with E-state index in [1.54, 1.807) is 0 Å². The molecule has 2 fully saturated rings. The Morgan fingerprint density at radius 1 is 1.20 bits per heavy atom. The van der Waals surface area contributed by atoms with Crippen molar-refractivity contribution in [2.45, 2.75) is 31.6 Å². The van der Waals surface area contributed by atoms with E-state index in [0.29, 0.717) is 5.69 Å².